The molecule has 0 aromatic rings. The van der Waals surface area contributed by atoms with E-state index >= 15 is 0 Å². The zero-order valence-corrected chi connectivity index (χ0v) is 12.4. The number of hydrogen-bond acceptors (Lipinski definition) is 1. The van der Waals surface area contributed by atoms with Gasteiger partial charge in [0.25, 0.3) is 0 Å². The molecule has 1 heteroatoms. The van der Waals surface area contributed by atoms with E-state index in [2.05, 4.69) is 52.0 Å². The van der Waals surface area contributed by atoms with Gasteiger partial charge in [0, 0.05) is 0 Å². The van der Waals surface area contributed by atoms with Crippen molar-refractivity contribution in [1.29, 1.82) is 0 Å². The largest absolute Gasteiger partial charge is 0.504 e. The zero-order valence-electron chi connectivity index (χ0n) is 12.4. The number of methoxy groups -OCH3 is 1. The first-order chi connectivity index (χ1) is 9.04. The fraction of sp³-hybridized carbons (Fsp3) is 0.333. The predicted molar refractivity (Wildman–Crippen MR) is 82.7 cm³/mol. The van der Waals surface area contributed by atoms with Gasteiger partial charge in [0.1, 0.15) is 0 Å². The van der Waals surface area contributed by atoms with E-state index in [1.54, 1.807) is 13.4 Å². The van der Waals surface area contributed by atoms with Crippen LogP contribution in [-0.2, 0) is 4.74 Å². The Morgan fingerprint density at radius 2 is 1.79 bits per heavy atom. The summed E-state index contributed by atoms with van der Waals surface area (Å²) in [6, 6.07) is 9.02. The molecule has 0 aliphatic heterocycles. The van der Waals surface area contributed by atoms with Gasteiger partial charge >= 0.3 is 0 Å². The molecule has 2 aliphatic rings. The van der Waals surface area contributed by atoms with Crippen molar-refractivity contribution in [3.63, 3.8) is 0 Å². The Balaban J connectivity index is 2.67. The predicted octanol–water partition coefficient (Wildman–Crippen LogP) is 5.15. The Morgan fingerprint density at radius 1 is 1.05 bits per heavy atom. The molecule has 2 rings (SSSR count). The summed E-state index contributed by atoms with van der Waals surface area (Å²) < 4.78 is 5.05. The molecule has 0 spiro atoms. The molecule has 0 saturated heterocycles. The molecule has 0 unspecified atom stereocenters. The van der Waals surface area contributed by atoms with Crippen LogP contribution in [0.2, 0.25) is 0 Å². The van der Waals surface area contributed by atoms with Gasteiger partial charge in [0.05, 0.1) is 13.4 Å². The van der Waals surface area contributed by atoms with Crippen LogP contribution in [0.1, 0.15) is 42.0 Å². The minimum atomic E-state index is 0.544. The van der Waals surface area contributed by atoms with Gasteiger partial charge in [-0.3, -0.25) is 0 Å². The summed E-state index contributed by atoms with van der Waals surface area (Å²) >= 11 is 0. The van der Waals surface area contributed by atoms with E-state index in [4.69, 9.17) is 4.74 Å². The molecule has 0 radical (unpaired) electrons. The highest BCUT2D eigenvalue weighted by molar-refractivity contribution is 5.83. The summed E-state index contributed by atoms with van der Waals surface area (Å²) in [7, 11) is 1.68. The van der Waals surface area contributed by atoms with E-state index in [1.807, 2.05) is 6.08 Å². The first kappa shape index (κ1) is 13.7. The van der Waals surface area contributed by atoms with Gasteiger partial charge in [-0.05, 0) is 59.2 Å². The Kier molecular flexibility index (Phi) is 3.94. The van der Waals surface area contributed by atoms with Crippen LogP contribution in [0.25, 0.3) is 17.2 Å². The van der Waals surface area contributed by atoms with Crippen LogP contribution >= 0.6 is 0 Å². The maximum Gasteiger partial charge on any atom is 0.0830 e. The van der Waals surface area contributed by atoms with Crippen LogP contribution in [0, 0.1) is 13.8 Å². The normalized spacial score (nSPS) is 11.7. The topological polar surface area (TPSA) is 9.23 Å². The SMILES string of the molecule is COC=Cc1cc(C)c2cc(C(C)C)ccc(C)c1-2. The van der Waals surface area contributed by atoms with Crippen molar-refractivity contribution in [2.45, 2.75) is 33.6 Å². The molecule has 0 aromatic carbocycles. The van der Waals surface area contributed by atoms with Gasteiger partial charge in [-0.2, -0.15) is 0 Å². The molecule has 2 aliphatic carbocycles. The first-order valence-electron chi connectivity index (χ1n) is 6.77. The third-order valence-electron chi connectivity index (χ3n) is 3.64. The zero-order chi connectivity index (χ0) is 14.0. The fourth-order valence-electron chi connectivity index (χ4n) is 2.51. The average molecular weight is 254 g/mol. The van der Waals surface area contributed by atoms with Crippen molar-refractivity contribution in [2.24, 2.45) is 0 Å². The minimum absolute atomic E-state index is 0.544. The summed E-state index contributed by atoms with van der Waals surface area (Å²) in [6.07, 6.45) is 3.78. The number of aryl methyl sites for hydroxylation is 2. The molecular weight excluding hydrogens is 232 g/mol. The molecule has 0 aromatic heterocycles. The van der Waals surface area contributed by atoms with Crippen LogP contribution in [0.15, 0.2) is 30.5 Å². The fourth-order valence-corrected chi connectivity index (χ4v) is 2.51. The second kappa shape index (κ2) is 5.48. The lowest BCUT2D eigenvalue weighted by Crippen LogP contribution is -1.84. The molecule has 0 heterocycles. The molecule has 100 valence electrons. The summed E-state index contributed by atoms with van der Waals surface area (Å²) in [4.78, 5) is 0. The number of ether oxygens (including phenoxy) is 1. The third kappa shape index (κ3) is 2.65. The van der Waals surface area contributed by atoms with Crippen molar-refractivity contribution in [3.05, 3.63) is 52.8 Å². The lowest BCUT2D eigenvalue weighted by molar-refractivity contribution is 0.341. The van der Waals surface area contributed by atoms with Crippen LogP contribution in [0.4, 0.5) is 0 Å². The van der Waals surface area contributed by atoms with Gasteiger partial charge < -0.3 is 4.74 Å². The standard InChI is InChI=1S/C18H22O/c1-12(2)15-7-6-13(3)18-16(8-9-19-5)10-14(4)17(18)11-15/h6-12H,1-5H3. The van der Waals surface area contributed by atoms with Crippen molar-refractivity contribution in [3.8, 4) is 11.1 Å². The second-order valence-electron chi connectivity index (χ2n) is 5.43. The van der Waals surface area contributed by atoms with Crippen LogP contribution in [0.5, 0.6) is 0 Å². The Bertz CT molecular complexity index is 579. The van der Waals surface area contributed by atoms with E-state index < -0.39 is 0 Å². The summed E-state index contributed by atoms with van der Waals surface area (Å²) in [6.45, 7) is 8.83. The number of rotatable bonds is 3. The molecule has 0 bridgehead atoms. The maximum atomic E-state index is 5.05. The van der Waals surface area contributed by atoms with Gasteiger partial charge in [-0.15, -0.1) is 0 Å². The Hall–Kier alpha value is -1.76. The number of fused-ring (bicyclic) bond motifs is 1. The highest BCUT2D eigenvalue weighted by Gasteiger charge is 2.14. The second-order valence-corrected chi connectivity index (χ2v) is 5.43. The summed E-state index contributed by atoms with van der Waals surface area (Å²) in [5, 5.41) is 0. The van der Waals surface area contributed by atoms with E-state index in [-0.39, 0.29) is 0 Å². The van der Waals surface area contributed by atoms with Gasteiger partial charge in [0.15, 0.2) is 0 Å². The summed E-state index contributed by atoms with van der Waals surface area (Å²) in [5.74, 6) is 0.544. The Morgan fingerprint density at radius 3 is 2.42 bits per heavy atom. The molecule has 19 heavy (non-hydrogen) atoms. The molecule has 0 N–H and O–H groups in total. The van der Waals surface area contributed by atoms with E-state index in [0.29, 0.717) is 5.92 Å². The molecule has 0 saturated carbocycles. The highest BCUT2D eigenvalue weighted by Crippen LogP contribution is 2.36. The highest BCUT2D eigenvalue weighted by atomic mass is 16.5. The van der Waals surface area contributed by atoms with Crippen LogP contribution in [-0.4, -0.2) is 7.11 Å². The van der Waals surface area contributed by atoms with Crippen molar-refractivity contribution < 1.29 is 4.74 Å². The molecule has 0 fully saturated rings. The lowest BCUT2D eigenvalue weighted by atomic mass is 10.0. The quantitative estimate of drug-likeness (QED) is 0.688. The van der Waals surface area contributed by atoms with E-state index in [9.17, 15) is 0 Å². The van der Waals surface area contributed by atoms with Crippen LogP contribution in [0.3, 0.4) is 0 Å². The van der Waals surface area contributed by atoms with E-state index in [0.717, 1.165) is 0 Å². The molecule has 0 atom stereocenters. The first-order valence-corrected chi connectivity index (χ1v) is 6.77. The van der Waals surface area contributed by atoms with Crippen molar-refractivity contribution in [2.75, 3.05) is 7.11 Å². The molecule has 1 nitrogen and oxygen atoms in total. The van der Waals surface area contributed by atoms with E-state index in [1.165, 1.54) is 33.4 Å². The average Bonchev–Trinajstić information content (AvgIpc) is 2.55. The summed E-state index contributed by atoms with van der Waals surface area (Å²) in [5.41, 5.74) is 7.93. The minimum Gasteiger partial charge on any atom is -0.504 e. The van der Waals surface area contributed by atoms with Gasteiger partial charge in [-0.25, -0.2) is 0 Å². The van der Waals surface area contributed by atoms with Gasteiger partial charge in [0.2, 0.25) is 0 Å². The van der Waals surface area contributed by atoms with Crippen molar-refractivity contribution in [1.82, 2.24) is 0 Å². The smallest absolute Gasteiger partial charge is 0.0830 e. The third-order valence-corrected chi connectivity index (χ3v) is 3.64. The molecule has 0 amide bonds. The van der Waals surface area contributed by atoms with Crippen LogP contribution < -0.4 is 0 Å². The maximum absolute atomic E-state index is 5.05. The van der Waals surface area contributed by atoms with Gasteiger partial charge in [-0.1, -0.05) is 38.1 Å². The lowest BCUT2D eigenvalue weighted by Gasteiger charge is -2.04. The number of hydrogen-bond donors (Lipinski definition) is 0. The van der Waals surface area contributed by atoms with Crippen molar-refractivity contribution >= 4 is 6.08 Å². The Labute approximate surface area is 116 Å². The molecular formula is C18H22O. The monoisotopic (exact) mass is 254 g/mol.